The van der Waals surface area contributed by atoms with Crippen molar-refractivity contribution in [3.05, 3.63) is 58.3 Å². The van der Waals surface area contributed by atoms with Gasteiger partial charge >= 0.3 is 0 Å². The number of carbonyl (C=O) groups excluding carboxylic acids is 2. The third-order valence-electron chi connectivity index (χ3n) is 4.49. The van der Waals surface area contributed by atoms with Crippen LogP contribution in [0.5, 0.6) is 5.75 Å². The first kappa shape index (κ1) is 21.4. The number of benzene rings is 2. The average Bonchev–Trinajstić information content (AvgIpc) is 2.71. The Morgan fingerprint density at radius 1 is 1.03 bits per heavy atom. The van der Waals surface area contributed by atoms with Gasteiger partial charge in [0.15, 0.2) is 6.61 Å². The third kappa shape index (κ3) is 6.06. The number of rotatable bonds is 6. The summed E-state index contributed by atoms with van der Waals surface area (Å²) in [5.74, 6) is -0.270. The topological polar surface area (TPSA) is 61.9 Å². The van der Waals surface area contributed by atoms with E-state index in [2.05, 4.69) is 5.32 Å². The van der Waals surface area contributed by atoms with Crippen LogP contribution in [0, 0.1) is 5.82 Å². The number of nitrogens with one attached hydrogen (secondary N) is 1. The molecule has 9 heteroatoms. The number of hydrogen-bond donors (Lipinski definition) is 1. The summed E-state index contributed by atoms with van der Waals surface area (Å²) in [6.45, 7) is 2.21. The first-order valence-electron chi connectivity index (χ1n) is 9.05. The van der Waals surface area contributed by atoms with Crippen molar-refractivity contribution in [2.45, 2.75) is 0 Å². The number of piperazine rings is 1. The van der Waals surface area contributed by atoms with E-state index in [-0.39, 0.29) is 30.8 Å². The molecule has 3 rings (SSSR count). The predicted molar refractivity (Wildman–Crippen MR) is 110 cm³/mol. The molecule has 1 aliphatic rings. The van der Waals surface area contributed by atoms with E-state index in [4.69, 9.17) is 27.9 Å². The van der Waals surface area contributed by atoms with Crippen molar-refractivity contribution in [3.8, 4) is 5.75 Å². The molecule has 0 aliphatic carbocycles. The largest absolute Gasteiger partial charge is 0.484 e. The van der Waals surface area contributed by atoms with Crippen LogP contribution in [0.2, 0.25) is 10.0 Å². The molecular weight excluding hydrogens is 420 g/mol. The van der Waals surface area contributed by atoms with Crippen molar-refractivity contribution >= 4 is 40.7 Å². The van der Waals surface area contributed by atoms with Gasteiger partial charge in [-0.1, -0.05) is 29.3 Å². The highest BCUT2D eigenvalue weighted by molar-refractivity contribution is 6.44. The quantitative estimate of drug-likeness (QED) is 0.749. The lowest BCUT2D eigenvalue weighted by Gasteiger charge is -2.34. The fraction of sp³-hybridized carbons (Fsp3) is 0.300. The van der Waals surface area contributed by atoms with Gasteiger partial charge in [0.2, 0.25) is 5.91 Å². The van der Waals surface area contributed by atoms with Gasteiger partial charge < -0.3 is 15.0 Å². The van der Waals surface area contributed by atoms with Gasteiger partial charge in [0.05, 0.1) is 22.3 Å². The molecule has 2 aromatic carbocycles. The van der Waals surface area contributed by atoms with Crippen molar-refractivity contribution in [2.24, 2.45) is 0 Å². The van der Waals surface area contributed by atoms with Crippen molar-refractivity contribution in [2.75, 3.05) is 44.6 Å². The maximum Gasteiger partial charge on any atom is 0.260 e. The molecular formula is C20H20Cl2FN3O3. The molecule has 0 atom stereocenters. The number of nitrogens with zero attached hydrogens (tertiary/aromatic N) is 2. The standard InChI is InChI=1S/C20H20Cl2FN3O3/c21-16-2-1-3-17(20(16)22)24-18(27)12-25-8-10-26(11-9-25)19(28)13-29-15-6-4-14(23)5-7-15/h1-7H,8-13H2,(H,24,27). The molecule has 1 heterocycles. The number of ether oxygens (including phenoxy) is 1. The van der Waals surface area contributed by atoms with Gasteiger partial charge in [-0.05, 0) is 36.4 Å². The Morgan fingerprint density at radius 3 is 2.41 bits per heavy atom. The molecule has 0 saturated carbocycles. The lowest BCUT2D eigenvalue weighted by Crippen LogP contribution is -2.51. The Hall–Kier alpha value is -2.35. The number of halogens is 3. The van der Waals surface area contributed by atoms with E-state index in [0.29, 0.717) is 47.7 Å². The highest BCUT2D eigenvalue weighted by atomic mass is 35.5. The molecule has 0 unspecified atom stereocenters. The second-order valence-corrected chi connectivity index (χ2v) is 7.33. The lowest BCUT2D eigenvalue weighted by molar-refractivity contribution is -0.135. The molecule has 0 spiro atoms. The van der Waals surface area contributed by atoms with Crippen LogP contribution in [0.4, 0.5) is 10.1 Å². The number of carbonyl (C=O) groups is 2. The maximum atomic E-state index is 12.9. The lowest BCUT2D eigenvalue weighted by atomic mass is 10.3. The van der Waals surface area contributed by atoms with E-state index in [1.165, 1.54) is 24.3 Å². The summed E-state index contributed by atoms with van der Waals surface area (Å²) in [7, 11) is 0. The molecule has 1 N–H and O–H groups in total. The zero-order valence-corrected chi connectivity index (χ0v) is 17.0. The zero-order chi connectivity index (χ0) is 20.8. The van der Waals surface area contributed by atoms with E-state index in [9.17, 15) is 14.0 Å². The summed E-state index contributed by atoms with van der Waals surface area (Å²) in [6.07, 6.45) is 0. The molecule has 0 bridgehead atoms. The van der Waals surface area contributed by atoms with Crippen LogP contribution < -0.4 is 10.1 Å². The van der Waals surface area contributed by atoms with Gasteiger partial charge in [-0.25, -0.2) is 4.39 Å². The second-order valence-electron chi connectivity index (χ2n) is 6.55. The van der Waals surface area contributed by atoms with Crippen molar-refractivity contribution in [1.29, 1.82) is 0 Å². The van der Waals surface area contributed by atoms with Crippen LogP contribution >= 0.6 is 23.2 Å². The van der Waals surface area contributed by atoms with Crippen LogP contribution in [0.3, 0.4) is 0 Å². The Labute approximate surface area is 178 Å². The molecule has 1 fully saturated rings. The third-order valence-corrected chi connectivity index (χ3v) is 5.31. The molecule has 0 radical (unpaired) electrons. The van der Waals surface area contributed by atoms with Crippen LogP contribution in [-0.2, 0) is 9.59 Å². The zero-order valence-electron chi connectivity index (χ0n) is 15.5. The van der Waals surface area contributed by atoms with Crippen LogP contribution in [0.25, 0.3) is 0 Å². The van der Waals surface area contributed by atoms with Gasteiger partial charge in [0.1, 0.15) is 11.6 Å². The fourth-order valence-electron chi connectivity index (χ4n) is 2.92. The van der Waals surface area contributed by atoms with E-state index < -0.39 is 0 Å². The van der Waals surface area contributed by atoms with Gasteiger partial charge in [-0.3, -0.25) is 14.5 Å². The minimum absolute atomic E-state index is 0.112. The highest BCUT2D eigenvalue weighted by Gasteiger charge is 2.23. The molecule has 6 nitrogen and oxygen atoms in total. The Bertz CT molecular complexity index is 872. The van der Waals surface area contributed by atoms with Crippen molar-refractivity contribution < 1.29 is 18.7 Å². The summed E-state index contributed by atoms with van der Waals surface area (Å²) in [5.41, 5.74) is 0.468. The van der Waals surface area contributed by atoms with E-state index >= 15 is 0 Å². The van der Waals surface area contributed by atoms with Crippen molar-refractivity contribution in [1.82, 2.24) is 9.80 Å². The van der Waals surface area contributed by atoms with E-state index in [1.54, 1.807) is 23.1 Å². The summed E-state index contributed by atoms with van der Waals surface area (Å²) >= 11 is 12.0. The molecule has 1 saturated heterocycles. The highest BCUT2D eigenvalue weighted by Crippen LogP contribution is 2.29. The van der Waals surface area contributed by atoms with Crippen LogP contribution in [0.1, 0.15) is 0 Å². The monoisotopic (exact) mass is 439 g/mol. The normalized spacial score (nSPS) is 14.5. The SMILES string of the molecule is O=C(CN1CCN(C(=O)COc2ccc(F)cc2)CC1)Nc1cccc(Cl)c1Cl. The average molecular weight is 440 g/mol. The van der Waals surface area contributed by atoms with E-state index in [1.807, 2.05) is 4.90 Å². The molecule has 2 amide bonds. The molecule has 1 aliphatic heterocycles. The molecule has 154 valence electrons. The van der Waals surface area contributed by atoms with Gasteiger partial charge in [0, 0.05) is 26.2 Å². The predicted octanol–water partition coefficient (Wildman–Crippen LogP) is 3.29. The molecule has 0 aromatic heterocycles. The van der Waals surface area contributed by atoms with Gasteiger partial charge in [-0.2, -0.15) is 0 Å². The smallest absolute Gasteiger partial charge is 0.260 e. The number of hydrogen-bond acceptors (Lipinski definition) is 4. The second kappa shape index (κ2) is 9.91. The van der Waals surface area contributed by atoms with Crippen LogP contribution in [-0.4, -0.2) is 60.9 Å². The van der Waals surface area contributed by atoms with Gasteiger partial charge in [-0.15, -0.1) is 0 Å². The first-order valence-corrected chi connectivity index (χ1v) is 9.80. The first-order chi connectivity index (χ1) is 13.9. The fourth-order valence-corrected chi connectivity index (χ4v) is 3.26. The number of anilines is 1. The summed E-state index contributed by atoms with van der Waals surface area (Å²) in [4.78, 5) is 28.2. The summed E-state index contributed by atoms with van der Waals surface area (Å²) in [6, 6.07) is 10.6. The summed E-state index contributed by atoms with van der Waals surface area (Å²) in [5, 5.41) is 3.43. The molecule has 2 aromatic rings. The number of amides is 2. The Morgan fingerprint density at radius 2 is 1.72 bits per heavy atom. The molecule has 29 heavy (non-hydrogen) atoms. The Balaban J connectivity index is 1.41. The van der Waals surface area contributed by atoms with Gasteiger partial charge in [0.25, 0.3) is 5.91 Å². The minimum atomic E-state index is -0.360. The Kier molecular flexibility index (Phi) is 7.30. The van der Waals surface area contributed by atoms with Crippen LogP contribution in [0.15, 0.2) is 42.5 Å². The van der Waals surface area contributed by atoms with E-state index in [0.717, 1.165) is 0 Å². The minimum Gasteiger partial charge on any atom is -0.484 e. The van der Waals surface area contributed by atoms with Crippen molar-refractivity contribution in [3.63, 3.8) is 0 Å². The summed E-state index contributed by atoms with van der Waals surface area (Å²) < 4.78 is 18.3. The maximum absolute atomic E-state index is 12.9.